The van der Waals surface area contributed by atoms with Crippen molar-refractivity contribution >= 4 is 39.5 Å². The van der Waals surface area contributed by atoms with E-state index in [1.165, 1.54) is 0 Å². The zero-order chi connectivity index (χ0) is 29.3. The number of likely N-dealkylation sites (tertiary alicyclic amines) is 1. The molecule has 6 rings (SSSR count). The van der Waals surface area contributed by atoms with E-state index in [9.17, 15) is 9.59 Å². The van der Waals surface area contributed by atoms with Gasteiger partial charge in [0.15, 0.2) is 6.29 Å². The number of rotatable bonds is 3. The number of nitrogens with zero attached hydrogens (tertiary/aromatic N) is 3. The fourth-order valence-corrected chi connectivity index (χ4v) is 8.56. The summed E-state index contributed by atoms with van der Waals surface area (Å²) in [5.74, 6) is 0. The first-order chi connectivity index (χ1) is 19.5. The number of halogens is 1. The highest BCUT2D eigenvalue weighted by Crippen LogP contribution is 2.70. The first-order valence-corrected chi connectivity index (χ1v) is 15.1. The first-order valence-electron chi connectivity index (χ1n) is 14.4. The highest BCUT2D eigenvalue weighted by atomic mass is 79.9. The number of piperidine rings is 1. The average Bonchev–Trinajstić information content (AvgIpc) is 3.41. The fraction of sp³-hybridized carbons (Fsp3) is 0.548. The van der Waals surface area contributed by atoms with Gasteiger partial charge in [0.2, 0.25) is 0 Å². The number of benzene rings is 2. The summed E-state index contributed by atoms with van der Waals surface area (Å²) >= 11 is 3.91. The summed E-state index contributed by atoms with van der Waals surface area (Å²) in [6.07, 6.45) is -1.42. The number of likely N-dealkylation sites (N-methyl/N-ethyl adjacent to an activating group) is 1. The van der Waals surface area contributed by atoms with Crippen LogP contribution >= 0.6 is 15.9 Å². The highest BCUT2D eigenvalue weighted by molar-refractivity contribution is 9.10. The molecule has 0 N–H and O–H groups in total. The minimum Gasteiger partial charge on any atom is -0.450 e. The standard InChI is InChI=1S/C31H38BrN3O6/c1-7-38-23-18-31-19-12-9-10-14-21(19)35(28(37)41-29(3,4)5)25-30(31,24-20(32)13-11-15-22(24)33(25)6)16-17-34(26(31)40-23)27(36)39-8-2/h9-15,23,25-26H,7-8,16-18H2,1-6H3/t23?,25-,26-,30-,31-/m0/s1. The molecule has 2 aromatic carbocycles. The molecule has 2 saturated heterocycles. The molecule has 220 valence electrons. The van der Waals surface area contributed by atoms with Crippen molar-refractivity contribution in [2.24, 2.45) is 0 Å². The quantitative estimate of drug-likeness (QED) is 0.405. The van der Waals surface area contributed by atoms with Gasteiger partial charge in [0.1, 0.15) is 18.0 Å². The second-order valence-electron chi connectivity index (χ2n) is 12.1. The van der Waals surface area contributed by atoms with Crippen molar-refractivity contribution in [1.29, 1.82) is 0 Å². The Bertz CT molecular complexity index is 1380. The molecule has 0 radical (unpaired) electrons. The Balaban J connectivity index is 1.68. The van der Waals surface area contributed by atoms with Crippen LogP contribution in [0.25, 0.3) is 0 Å². The Kier molecular flexibility index (Phi) is 6.82. The lowest BCUT2D eigenvalue weighted by atomic mass is 9.49. The number of para-hydroxylation sites is 1. The minimum atomic E-state index is -0.763. The Morgan fingerprint density at radius 3 is 2.46 bits per heavy atom. The number of ether oxygens (including phenoxy) is 4. The van der Waals surface area contributed by atoms with Crippen LogP contribution in [0.5, 0.6) is 0 Å². The summed E-state index contributed by atoms with van der Waals surface area (Å²) in [6.45, 7) is 10.5. The van der Waals surface area contributed by atoms with Crippen LogP contribution in [0, 0.1) is 0 Å². The lowest BCUT2D eigenvalue weighted by molar-refractivity contribution is -0.175. The second-order valence-corrected chi connectivity index (χ2v) is 13.0. The predicted octanol–water partition coefficient (Wildman–Crippen LogP) is 6.13. The lowest BCUT2D eigenvalue weighted by Crippen LogP contribution is -2.75. The van der Waals surface area contributed by atoms with Gasteiger partial charge in [-0.25, -0.2) is 9.59 Å². The van der Waals surface area contributed by atoms with Crippen LogP contribution in [-0.4, -0.2) is 68.2 Å². The molecule has 41 heavy (non-hydrogen) atoms. The summed E-state index contributed by atoms with van der Waals surface area (Å²) in [6, 6.07) is 14.1. The number of hydrogen-bond acceptors (Lipinski definition) is 7. The molecule has 4 heterocycles. The molecule has 5 atom stereocenters. The molecular formula is C31H38BrN3O6. The van der Waals surface area contributed by atoms with Gasteiger partial charge >= 0.3 is 12.2 Å². The maximum atomic E-state index is 14.2. The van der Waals surface area contributed by atoms with Gasteiger partial charge in [-0.3, -0.25) is 9.80 Å². The normalized spacial score (nSPS) is 29.7. The number of carbonyl (C=O) groups is 2. The molecule has 0 bridgehead atoms. The van der Waals surface area contributed by atoms with Crippen LogP contribution < -0.4 is 9.80 Å². The Morgan fingerprint density at radius 1 is 1.02 bits per heavy atom. The van der Waals surface area contributed by atoms with Crippen LogP contribution in [0.1, 0.15) is 58.6 Å². The van der Waals surface area contributed by atoms with Crippen LogP contribution in [0.3, 0.4) is 0 Å². The smallest absolute Gasteiger partial charge is 0.416 e. The molecule has 4 aliphatic rings. The van der Waals surface area contributed by atoms with E-state index in [0.29, 0.717) is 26.0 Å². The van der Waals surface area contributed by atoms with Gasteiger partial charge in [-0.1, -0.05) is 40.2 Å². The topological polar surface area (TPSA) is 80.8 Å². The third-order valence-corrected chi connectivity index (χ3v) is 9.64. The van der Waals surface area contributed by atoms with Crippen molar-refractivity contribution in [2.75, 3.05) is 36.6 Å². The maximum Gasteiger partial charge on any atom is 0.416 e. The molecule has 1 unspecified atom stereocenters. The van der Waals surface area contributed by atoms with Crippen LogP contribution in [0.4, 0.5) is 21.0 Å². The van der Waals surface area contributed by atoms with Gasteiger partial charge in [0.25, 0.3) is 0 Å². The van der Waals surface area contributed by atoms with Crippen molar-refractivity contribution in [3.8, 4) is 0 Å². The number of amides is 2. The van der Waals surface area contributed by atoms with Crippen molar-refractivity contribution in [3.05, 3.63) is 58.1 Å². The van der Waals surface area contributed by atoms with Crippen LogP contribution in [0.2, 0.25) is 0 Å². The van der Waals surface area contributed by atoms with Gasteiger partial charge in [0.05, 0.1) is 23.1 Å². The molecule has 2 fully saturated rings. The Hall–Kier alpha value is -2.82. The molecule has 2 spiro atoms. The summed E-state index contributed by atoms with van der Waals surface area (Å²) in [5.41, 5.74) is 1.67. The van der Waals surface area contributed by atoms with E-state index in [2.05, 4.69) is 39.0 Å². The van der Waals surface area contributed by atoms with E-state index in [0.717, 1.165) is 27.0 Å². The summed E-state index contributed by atoms with van der Waals surface area (Å²) in [5, 5.41) is 0. The Morgan fingerprint density at radius 2 is 1.76 bits per heavy atom. The van der Waals surface area contributed by atoms with E-state index in [-0.39, 0.29) is 6.61 Å². The van der Waals surface area contributed by atoms with Gasteiger partial charge in [-0.2, -0.15) is 0 Å². The molecule has 0 aliphatic carbocycles. The third kappa shape index (κ3) is 3.86. The predicted molar refractivity (Wildman–Crippen MR) is 158 cm³/mol. The zero-order valence-electron chi connectivity index (χ0n) is 24.5. The highest BCUT2D eigenvalue weighted by Gasteiger charge is 2.76. The molecule has 9 nitrogen and oxygen atoms in total. The summed E-state index contributed by atoms with van der Waals surface area (Å²) < 4.78 is 25.4. The largest absolute Gasteiger partial charge is 0.450 e. The van der Waals surface area contributed by atoms with Gasteiger partial charge in [-0.15, -0.1) is 0 Å². The fourth-order valence-electron chi connectivity index (χ4n) is 7.85. The SMILES string of the molecule is CCOC(=O)N1CC[C@]23c4c(Br)cccc4N(C)[C@H]2N(C(=O)OC(C)(C)C)c2ccccc2[C@]32CC(OCC)O[C@H]12. The summed E-state index contributed by atoms with van der Waals surface area (Å²) in [7, 11) is 2.03. The van der Waals surface area contributed by atoms with E-state index < -0.39 is 47.3 Å². The number of carbonyl (C=O) groups excluding carboxylic acids is 2. The minimum absolute atomic E-state index is 0.262. The average molecular weight is 629 g/mol. The molecule has 0 aromatic heterocycles. The third-order valence-electron chi connectivity index (χ3n) is 8.98. The number of anilines is 2. The monoisotopic (exact) mass is 627 g/mol. The number of fused-ring (bicyclic) bond motifs is 2. The summed E-state index contributed by atoms with van der Waals surface area (Å²) in [4.78, 5) is 33.4. The molecule has 2 amide bonds. The lowest BCUT2D eigenvalue weighted by Gasteiger charge is -2.63. The molecule has 4 aliphatic heterocycles. The van der Waals surface area contributed by atoms with Crippen molar-refractivity contribution in [3.63, 3.8) is 0 Å². The van der Waals surface area contributed by atoms with Gasteiger partial charge in [0, 0.05) is 42.3 Å². The van der Waals surface area contributed by atoms with E-state index >= 15 is 0 Å². The maximum absolute atomic E-state index is 14.2. The Labute approximate surface area is 249 Å². The molecular weight excluding hydrogens is 590 g/mol. The van der Waals surface area contributed by atoms with E-state index in [1.807, 2.05) is 70.8 Å². The zero-order valence-corrected chi connectivity index (χ0v) is 26.1. The molecule has 10 heteroatoms. The van der Waals surface area contributed by atoms with E-state index in [4.69, 9.17) is 18.9 Å². The molecule has 2 aromatic rings. The van der Waals surface area contributed by atoms with Crippen LogP contribution in [-0.2, 0) is 29.8 Å². The van der Waals surface area contributed by atoms with Gasteiger partial charge < -0.3 is 23.8 Å². The second kappa shape index (κ2) is 9.88. The van der Waals surface area contributed by atoms with Gasteiger partial charge in [-0.05, 0) is 64.8 Å². The van der Waals surface area contributed by atoms with E-state index in [1.54, 1.807) is 4.90 Å². The molecule has 0 saturated carbocycles. The van der Waals surface area contributed by atoms with Crippen LogP contribution in [0.15, 0.2) is 46.9 Å². The number of hydrogen-bond donors (Lipinski definition) is 0. The first kappa shape index (κ1) is 28.3. The van der Waals surface area contributed by atoms with Crippen molar-refractivity contribution in [2.45, 2.75) is 82.6 Å². The van der Waals surface area contributed by atoms with Crippen molar-refractivity contribution in [1.82, 2.24) is 4.90 Å². The van der Waals surface area contributed by atoms with Crippen molar-refractivity contribution < 1.29 is 28.5 Å².